The van der Waals surface area contributed by atoms with E-state index in [2.05, 4.69) is 25.6 Å². The van der Waals surface area contributed by atoms with E-state index < -0.39 is 0 Å². The molecule has 0 bridgehead atoms. The second-order valence-corrected chi connectivity index (χ2v) is 7.77. The number of pyridine rings is 1. The van der Waals surface area contributed by atoms with Gasteiger partial charge in [0.25, 0.3) is 0 Å². The molecule has 4 rings (SSSR count). The summed E-state index contributed by atoms with van der Waals surface area (Å²) in [5.74, 6) is 1.04. The average molecular weight is 369 g/mol. The molecule has 0 spiro atoms. The topological polar surface area (TPSA) is 63.5 Å². The van der Waals surface area contributed by atoms with Crippen LogP contribution in [0.15, 0.2) is 30.6 Å². The van der Waals surface area contributed by atoms with Gasteiger partial charge in [-0.1, -0.05) is 6.07 Å². The Morgan fingerprint density at radius 1 is 1.30 bits per heavy atom. The predicted octanol–water partition coefficient (Wildman–Crippen LogP) is 1.75. The van der Waals surface area contributed by atoms with E-state index in [1.54, 1.807) is 19.0 Å². The molecule has 0 aliphatic carbocycles. The maximum Gasteiger partial charge on any atom is 0.224 e. The smallest absolute Gasteiger partial charge is 0.224 e. The monoisotopic (exact) mass is 369 g/mol. The Balaban J connectivity index is 1.46. The second kappa shape index (κ2) is 7.40. The number of amides is 1. The fourth-order valence-electron chi connectivity index (χ4n) is 4.09. The summed E-state index contributed by atoms with van der Waals surface area (Å²) in [7, 11) is 3.58. The van der Waals surface area contributed by atoms with Gasteiger partial charge in [0.1, 0.15) is 5.69 Å². The molecule has 0 N–H and O–H groups in total. The summed E-state index contributed by atoms with van der Waals surface area (Å²) in [6.45, 7) is 4.46. The van der Waals surface area contributed by atoms with E-state index in [0.717, 1.165) is 36.7 Å². The summed E-state index contributed by atoms with van der Waals surface area (Å²) in [6, 6.07) is 6.79. The minimum atomic E-state index is -0.0180. The van der Waals surface area contributed by atoms with Crippen molar-refractivity contribution in [3.05, 3.63) is 36.3 Å². The van der Waals surface area contributed by atoms with Crippen LogP contribution < -0.4 is 0 Å². The molecular weight excluding hydrogens is 342 g/mol. The second-order valence-electron chi connectivity index (χ2n) is 7.77. The Labute approximate surface area is 160 Å². The number of morpholine rings is 1. The van der Waals surface area contributed by atoms with Crippen molar-refractivity contribution < 1.29 is 9.53 Å². The molecule has 2 aromatic rings. The number of nitrogens with zero attached hydrogens (tertiary/aromatic N) is 5. The lowest BCUT2D eigenvalue weighted by Gasteiger charge is -2.35. The third-order valence-corrected chi connectivity index (χ3v) is 5.55. The van der Waals surface area contributed by atoms with Crippen LogP contribution in [0.25, 0.3) is 11.5 Å². The van der Waals surface area contributed by atoms with Crippen LogP contribution in [0.4, 0.5) is 0 Å². The van der Waals surface area contributed by atoms with Crippen LogP contribution in [0, 0.1) is 6.92 Å². The molecule has 27 heavy (non-hydrogen) atoms. The van der Waals surface area contributed by atoms with E-state index in [0.29, 0.717) is 25.1 Å². The Morgan fingerprint density at radius 2 is 2.15 bits per heavy atom. The SMILES string of the molecule is Cc1cccc(-c2nccn2[C@@H]2C[C@H]3CO[C@@H](CC(=O)N(C)C)CN3C2)n1. The molecule has 2 saturated heterocycles. The van der Waals surface area contributed by atoms with Gasteiger partial charge in [0.05, 0.1) is 19.1 Å². The third kappa shape index (κ3) is 3.75. The number of ether oxygens (including phenoxy) is 1. The first-order chi connectivity index (χ1) is 13.0. The maximum absolute atomic E-state index is 12.0. The molecule has 2 aromatic heterocycles. The fourth-order valence-corrected chi connectivity index (χ4v) is 4.09. The fraction of sp³-hybridized carbons (Fsp3) is 0.550. The average Bonchev–Trinajstić information content (AvgIpc) is 3.27. The number of fused-ring (bicyclic) bond motifs is 1. The quantitative estimate of drug-likeness (QED) is 0.822. The first-order valence-corrected chi connectivity index (χ1v) is 9.54. The lowest BCUT2D eigenvalue weighted by atomic mass is 10.1. The van der Waals surface area contributed by atoms with Crippen LogP contribution in [0.3, 0.4) is 0 Å². The highest BCUT2D eigenvalue weighted by molar-refractivity contribution is 5.76. The van der Waals surface area contributed by atoms with Crippen molar-refractivity contribution in [3.8, 4) is 11.5 Å². The maximum atomic E-state index is 12.0. The van der Waals surface area contributed by atoms with Gasteiger partial charge in [-0.3, -0.25) is 9.69 Å². The molecule has 2 aliphatic heterocycles. The van der Waals surface area contributed by atoms with E-state index in [4.69, 9.17) is 4.74 Å². The van der Waals surface area contributed by atoms with Crippen LogP contribution in [0.1, 0.15) is 24.6 Å². The number of hydrogen-bond acceptors (Lipinski definition) is 5. The highest BCUT2D eigenvalue weighted by Gasteiger charge is 2.39. The van der Waals surface area contributed by atoms with Gasteiger partial charge in [0.2, 0.25) is 5.91 Å². The zero-order valence-corrected chi connectivity index (χ0v) is 16.2. The summed E-state index contributed by atoms with van der Waals surface area (Å²) in [5.41, 5.74) is 1.91. The molecule has 1 amide bonds. The standard InChI is InChI=1S/C20H27N5O2/c1-14-5-4-6-18(22-14)20-21-7-8-25(20)15-9-16-13-27-17(12-24(16)11-15)10-19(26)23(2)3/h4-8,15-17H,9-13H2,1-3H3/t15-,16+,17+/m1/s1. The number of aromatic nitrogens is 3. The third-order valence-electron chi connectivity index (χ3n) is 5.55. The van der Waals surface area contributed by atoms with Gasteiger partial charge in [-0.25, -0.2) is 9.97 Å². The number of imidazole rings is 1. The molecule has 4 heterocycles. The first-order valence-electron chi connectivity index (χ1n) is 9.54. The number of rotatable bonds is 4. The Kier molecular flexibility index (Phi) is 4.97. The number of carbonyl (C=O) groups is 1. The highest BCUT2D eigenvalue weighted by atomic mass is 16.5. The molecular formula is C20H27N5O2. The summed E-state index contributed by atoms with van der Waals surface area (Å²) < 4.78 is 8.23. The van der Waals surface area contributed by atoms with Gasteiger partial charge in [-0.2, -0.15) is 0 Å². The summed E-state index contributed by atoms with van der Waals surface area (Å²) >= 11 is 0. The number of aryl methyl sites for hydroxylation is 1. The molecule has 7 heteroatoms. The van der Waals surface area contributed by atoms with Crippen molar-refractivity contribution in [1.82, 2.24) is 24.3 Å². The molecule has 2 aliphatic rings. The molecule has 0 radical (unpaired) electrons. The molecule has 0 saturated carbocycles. The van der Waals surface area contributed by atoms with Gasteiger partial charge >= 0.3 is 0 Å². The normalized spacial score (nSPS) is 25.4. The Hall–Kier alpha value is -2.25. The van der Waals surface area contributed by atoms with Gasteiger partial charge in [-0.05, 0) is 25.5 Å². The lowest BCUT2D eigenvalue weighted by molar-refractivity contribution is -0.134. The highest BCUT2D eigenvalue weighted by Crippen LogP contribution is 2.33. The van der Waals surface area contributed by atoms with Gasteiger partial charge in [0, 0.05) is 57.4 Å². The molecule has 144 valence electrons. The van der Waals surface area contributed by atoms with Gasteiger partial charge in [-0.15, -0.1) is 0 Å². The summed E-state index contributed by atoms with van der Waals surface area (Å²) in [5, 5.41) is 0. The van der Waals surface area contributed by atoms with E-state index in [1.165, 1.54) is 0 Å². The van der Waals surface area contributed by atoms with Gasteiger partial charge in [0.15, 0.2) is 5.82 Å². The van der Waals surface area contributed by atoms with Crippen molar-refractivity contribution in [2.75, 3.05) is 33.8 Å². The van der Waals surface area contributed by atoms with Crippen LogP contribution >= 0.6 is 0 Å². The van der Waals surface area contributed by atoms with E-state index in [-0.39, 0.29) is 12.0 Å². The number of hydrogen-bond donors (Lipinski definition) is 0. The van der Waals surface area contributed by atoms with Gasteiger partial charge < -0.3 is 14.2 Å². The molecule has 3 atom stereocenters. The lowest BCUT2D eigenvalue weighted by Crippen LogP contribution is -2.47. The van der Waals surface area contributed by atoms with Crippen molar-refractivity contribution >= 4 is 5.91 Å². The van der Waals surface area contributed by atoms with Crippen LogP contribution in [-0.4, -0.2) is 76.2 Å². The predicted molar refractivity (Wildman–Crippen MR) is 102 cm³/mol. The van der Waals surface area contributed by atoms with Crippen molar-refractivity contribution in [2.45, 2.75) is 38.0 Å². The van der Waals surface area contributed by atoms with Crippen molar-refractivity contribution in [3.63, 3.8) is 0 Å². The van der Waals surface area contributed by atoms with Crippen LogP contribution in [0.2, 0.25) is 0 Å². The summed E-state index contributed by atoms with van der Waals surface area (Å²) in [4.78, 5) is 25.3. The summed E-state index contributed by atoms with van der Waals surface area (Å²) in [6.07, 6.45) is 5.37. The van der Waals surface area contributed by atoms with Crippen LogP contribution in [0.5, 0.6) is 0 Å². The van der Waals surface area contributed by atoms with Crippen LogP contribution in [-0.2, 0) is 9.53 Å². The molecule has 7 nitrogen and oxygen atoms in total. The number of carbonyl (C=O) groups excluding carboxylic acids is 1. The largest absolute Gasteiger partial charge is 0.375 e. The zero-order chi connectivity index (χ0) is 19.0. The Bertz CT molecular complexity index is 818. The van der Waals surface area contributed by atoms with E-state index in [1.807, 2.05) is 31.3 Å². The van der Waals surface area contributed by atoms with E-state index >= 15 is 0 Å². The minimum absolute atomic E-state index is 0.0180. The van der Waals surface area contributed by atoms with Crippen molar-refractivity contribution in [2.24, 2.45) is 0 Å². The zero-order valence-electron chi connectivity index (χ0n) is 16.2. The molecule has 0 aromatic carbocycles. The van der Waals surface area contributed by atoms with Crippen molar-refractivity contribution in [1.29, 1.82) is 0 Å². The van der Waals surface area contributed by atoms with E-state index in [9.17, 15) is 4.79 Å². The minimum Gasteiger partial charge on any atom is -0.375 e. The molecule has 2 fully saturated rings. The molecule has 0 unspecified atom stereocenters. The Morgan fingerprint density at radius 3 is 2.93 bits per heavy atom. The first kappa shape index (κ1) is 18.1.